The molecule has 200 valence electrons. The molecule has 6 nitrogen and oxygen atoms in total. The predicted molar refractivity (Wildman–Crippen MR) is 144 cm³/mol. The van der Waals surface area contributed by atoms with E-state index in [0.717, 1.165) is 23.9 Å². The average Bonchev–Trinajstić information content (AvgIpc) is 3.27. The molecule has 39 heavy (non-hydrogen) atoms. The second-order valence-electron chi connectivity index (χ2n) is 9.38. The summed E-state index contributed by atoms with van der Waals surface area (Å²) >= 11 is 3.00. The Bertz CT molecular complexity index is 1500. The van der Waals surface area contributed by atoms with E-state index in [1.807, 2.05) is 24.3 Å². The molecule has 0 radical (unpaired) electrons. The SMILES string of the molecule is O=C(O)N1CCN(c2ccc(-c3cc(F)c4c(c3)C(=O)N(C(CC#CBr)c3cc(F)ccc3F)C4)cc2)CC1. The quantitative estimate of drug-likeness (QED) is 0.366. The van der Waals surface area contributed by atoms with Crippen molar-refractivity contribution in [3.63, 3.8) is 0 Å². The highest BCUT2D eigenvalue weighted by Gasteiger charge is 2.36. The molecule has 2 amide bonds. The summed E-state index contributed by atoms with van der Waals surface area (Å²) in [5, 5.41) is 9.14. The molecule has 10 heteroatoms. The zero-order valence-corrected chi connectivity index (χ0v) is 22.2. The number of benzene rings is 3. The number of amides is 2. The van der Waals surface area contributed by atoms with Crippen LogP contribution in [0.2, 0.25) is 0 Å². The van der Waals surface area contributed by atoms with Gasteiger partial charge in [-0.1, -0.05) is 18.1 Å². The standard InChI is InChI=1S/C29H23BrF3N3O3/c30-9-1-2-27(23-16-20(31)5-8-25(23)32)36-17-24-22(28(36)37)14-19(15-26(24)33)18-3-6-21(7-4-18)34-10-12-35(13-11-34)29(38)39/h3-8,14-16,27H,2,10-13,17H2,(H,38,39). The van der Waals surface area contributed by atoms with E-state index in [2.05, 4.69) is 31.6 Å². The molecule has 0 aromatic heterocycles. The fraction of sp³-hybridized carbons (Fsp3) is 0.241. The first kappa shape index (κ1) is 26.6. The van der Waals surface area contributed by atoms with Crippen LogP contribution in [0.4, 0.5) is 23.7 Å². The number of nitrogens with zero attached hydrogens (tertiary/aromatic N) is 3. The fourth-order valence-electron chi connectivity index (χ4n) is 5.12. The summed E-state index contributed by atoms with van der Waals surface area (Å²) in [6, 6.07) is 12.5. The average molecular weight is 598 g/mol. The van der Waals surface area contributed by atoms with Gasteiger partial charge in [0.2, 0.25) is 0 Å². The van der Waals surface area contributed by atoms with Crippen molar-refractivity contribution in [1.82, 2.24) is 9.80 Å². The van der Waals surface area contributed by atoms with Crippen LogP contribution in [-0.2, 0) is 6.54 Å². The van der Waals surface area contributed by atoms with Gasteiger partial charge in [0.1, 0.15) is 17.5 Å². The van der Waals surface area contributed by atoms with Gasteiger partial charge < -0.3 is 19.8 Å². The highest BCUT2D eigenvalue weighted by Crippen LogP contribution is 2.38. The summed E-state index contributed by atoms with van der Waals surface area (Å²) < 4.78 is 44.0. The van der Waals surface area contributed by atoms with Crippen molar-refractivity contribution in [3.8, 4) is 21.9 Å². The molecule has 2 aliphatic rings. The van der Waals surface area contributed by atoms with E-state index in [-0.39, 0.29) is 29.7 Å². The highest BCUT2D eigenvalue weighted by molar-refractivity contribution is 9.12. The van der Waals surface area contributed by atoms with Crippen LogP contribution in [0.25, 0.3) is 11.1 Å². The van der Waals surface area contributed by atoms with Gasteiger partial charge in [0, 0.05) is 70.9 Å². The van der Waals surface area contributed by atoms with Crippen molar-refractivity contribution in [3.05, 3.63) is 88.7 Å². The van der Waals surface area contributed by atoms with E-state index >= 15 is 4.39 Å². The first-order valence-corrected chi connectivity index (χ1v) is 13.1. The molecule has 1 unspecified atom stereocenters. The first-order chi connectivity index (χ1) is 18.8. The Morgan fingerprint density at radius 1 is 0.949 bits per heavy atom. The van der Waals surface area contributed by atoms with Gasteiger partial charge in [-0.05, 0) is 58.4 Å². The normalized spacial score (nSPS) is 15.6. The minimum atomic E-state index is -0.930. The van der Waals surface area contributed by atoms with Crippen LogP contribution in [-0.4, -0.2) is 53.1 Å². The van der Waals surface area contributed by atoms with Crippen LogP contribution in [0.3, 0.4) is 0 Å². The fourth-order valence-corrected chi connectivity index (χ4v) is 5.28. The molecule has 0 spiro atoms. The number of carboxylic acid groups (broad SMARTS) is 1. The van der Waals surface area contributed by atoms with Crippen LogP contribution in [0.15, 0.2) is 54.6 Å². The van der Waals surface area contributed by atoms with Crippen LogP contribution >= 0.6 is 15.9 Å². The van der Waals surface area contributed by atoms with Crippen molar-refractivity contribution in [1.29, 1.82) is 0 Å². The number of carbonyl (C=O) groups excluding carboxylic acids is 1. The topological polar surface area (TPSA) is 64.1 Å². The Balaban J connectivity index is 1.40. The Labute approximate surface area is 231 Å². The third-order valence-electron chi connectivity index (χ3n) is 7.19. The largest absolute Gasteiger partial charge is 0.465 e. The van der Waals surface area contributed by atoms with Gasteiger partial charge in [-0.15, -0.1) is 0 Å². The van der Waals surface area contributed by atoms with Gasteiger partial charge in [0.25, 0.3) is 5.91 Å². The lowest BCUT2D eigenvalue weighted by Crippen LogP contribution is -2.48. The molecule has 2 heterocycles. The zero-order chi connectivity index (χ0) is 27.7. The van der Waals surface area contributed by atoms with Crippen LogP contribution in [0.5, 0.6) is 0 Å². The molecule has 1 saturated heterocycles. The number of hydrogen-bond acceptors (Lipinski definition) is 3. The van der Waals surface area contributed by atoms with E-state index in [0.29, 0.717) is 37.3 Å². The van der Waals surface area contributed by atoms with Gasteiger partial charge in [-0.2, -0.15) is 0 Å². The van der Waals surface area contributed by atoms with E-state index in [1.165, 1.54) is 15.9 Å². The molecule has 0 bridgehead atoms. The maximum Gasteiger partial charge on any atom is 0.407 e. The molecule has 5 rings (SSSR count). The molecule has 3 aromatic carbocycles. The predicted octanol–water partition coefficient (Wildman–Crippen LogP) is 6.01. The van der Waals surface area contributed by atoms with Crippen LogP contribution in [0.1, 0.15) is 33.9 Å². The smallest absolute Gasteiger partial charge is 0.407 e. The van der Waals surface area contributed by atoms with Crippen molar-refractivity contribution < 1.29 is 27.9 Å². The lowest BCUT2D eigenvalue weighted by Gasteiger charge is -2.34. The summed E-state index contributed by atoms with van der Waals surface area (Å²) in [7, 11) is 0. The second kappa shape index (κ2) is 11.0. The molecule has 1 N–H and O–H groups in total. The lowest BCUT2D eigenvalue weighted by atomic mass is 9.99. The molecule has 0 saturated carbocycles. The van der Waals surface area contributed by atoms with E-state index in [1.54, 1.807) is 6.07 Å². The van der Waals surface area contributed by atoms with E-state index in [9.17, 15) is 18.4 Å². The molecular weight excluding hydrogens is 575 g/mol. The van der Waals surface area contributed by atoms with E-state index < -0.39 is 35.5 Å². The van der Waals surface area contributed by atoms with Crippen LogP contribution < -0.4 is 4.90 Å². The van der Waals surface area contributed by atoms with Gasteiger partial charge in [0.05, 0.1) is 12.6 Å². The van der Waals surface area contributed by atoms with Gasteiger partial charge >= 0.3 is 6.09 Å². The van der Waals surface area contributed by atoms with Crippen molar-refractivity contribution in [2.75, 3.05) is 31.1 Å². The Hall–Kier alpha value is -3.97. The summed E-state index contributed by atoms with van der Waals surface area (Å²) in [5.41, 5.74) is 2.48. The number of hydrogen-bond donors (Lipinski definition) is 1. The minimum Gasteiger partial charge on any atom is -0.465 e. The van der Waals surface area contributed by atoms with Crippen LogP contribution in [0, 0.1) is 28.2 Å². The third-order valence-corrected chi connectivity index (χ3v) is 7.47. The maximum absolute atomic E-state index is 15.3. The monoisotopic (exact) mass is 597 g/mol. The van der Waals surface area contributed by atoms with Gasteiger partial charge in [-0.3, -0.25) is 4.79 Å². The van der Waals surface area contributed by atoms with Crippen molar-refractivity contribution in [2.45, 2.75) is 19.0 Å². The summed E-state index contributed by atoms with van der Waals surface area (Å²) in [6.07, 6.45) is -0.901. The molecule has 0 aliphatic carbocycles. The summed E-state index contributed by atoms with van der Waals surface area (Å²) in [4.78, 5) is 31.9. The number of fused-ring (bicyclic) bond motifs is 1. The minimum absolute atomic E-state index is 0.0215. The summed E-state index contributed by atoms with van der Waals surface area (Å²) in [6.45, 7) is 1.86. The number of piperazine rings is 1. The Morgan fingerprint density at radius 2 is 1.67 bits per heavy atom. The number of rotatable bonds is 5. The summed E-state index contributed by atoms with van der Waals surface area (Å²) in [5.74, 6) is 0.404. The van der Waals surface area contributed by atoms with E-state index in [4.69, 9.17) is 5.11 Å². The Morgan fingerprint density at radius 3 is 2.33 bits per heavy atom. The molecule has 1 fully saturated rings. The number of halogens is 4. The number of anilines is 1. The third kappa shape index (κ3) is 5.32. The highest BCUT2D eigenvalue weighted by atomic mass is 79.9. The maximum atomic E-state index is 15.3. The lowest BCUT2D eigenvalue weighted by molar-refractivity contribution is 0.0700. The second-order valence-corrected chi connectivity index (χ2v) is 9.77. The molecule has 2 aliphatic heterocycles. The number of carbonyl (C=O) groups is 2. The zero-order valence-electron chi connectivity index (χ0n) is 20.6. The van der Waals surface area contributed by atoms with Gasteiger partial charge in [-0.25, -0.2) is 18.0 Å². The first-order valence-electron chi connectivity index (χ1n) is 12.3. The molecular formula is C29H23BrF3N3O3. The van der Waals surface area contributed by atoms with Gasteiger partial charge in [0.15, 0.2) is 0 Å². The van der Waals surface area contributed by atoms with Crippen molar-refractivity contribution >= 4 is 33.6 Å². The Kier molecular flexibility index (Phi) is 7.53. The molecule has 1 atom stereocenters. The van der Waals surface area contributed by atoms with Crippen molar-refractivity contribution in [2.24, 2.45) is 0 Å². The molecule has 3 aromatic rings.